The van der Waals surface area contributed by atoms with E-state index in [1.807, 2.05) is 25.3 Å². The minimum atomic E-state index is -0.697. The summed E-state index contributed by atoms with van der Waals surface area (Å²) in [5.74, 6) is -1.36. The number of hydrogen-bond acceptors (Lipinski definition) is 3. The van der Waals surface area contributed by atoms with E-state index in [-0.39, 0.29) is 5.75 Å². The number of ether oxygens (including phenoxy) is 1. The fourth-order valence-electron chi connectivity index (χ4n) is 1.84. The van der Waals surface area contributed by atoms with Gasteiger partial charge < -0.3 is 10.1 Å². The Balaban J connectivity index is 2.19. The van der Waals surface area contributed by atoms with Crippen molar-refractivity contribution in [1.82, 2.24) is 5.32 Å². The second-order valence-corrected chi connectivity index (χ2v) is 5.33. The van der Waals surface area contributed by atoms with Gasteiger partial charge in [0.05, 0.1) is 0 Å². The van der Waals surface area contributed by atoms with Gasteiger partial charge in [0.25, 0.3) is 0 Å². The van der Waals surface area contributed by atoms with Gasteiger partial charge in [0.1, 0.15) is 5.75 Å². The van der Waals surface area contributed by atoms with Gasteiger partial charge in [-0.15, -0.1) is 11.8 Å². The van der Waals surface area contributed by atoms with Crippen molar-refractivity contribution in [2.75, 3.05) is 12.8 Å². The zero-order chi connectivity index (χ0) is 15.2. The average molecular weight is 309 g/mol. The summed E-state index contributed by atoms with van der Waals surface area (Å²) in [5.41, 5.74) is 0.553. The van der Waals surface area contributed by atoms with Crippen molar-refractivity contribution in [2.45, 2.75) is 18.4 Å². The van der Waals surface area contributed by atoms with Crippen LogP contribution < -0.4 is 10.1 Å². The first-order valence-corrected chi connectivity index (χ1v) is 7.87. The molecule has 112 valence electrons. The molecule has 0 aliphatic carbocycles. The molecule has 2 aromatic rings. The highest BCUT2D eigenvalue weighted by atomic mass is 32.2. The molecule has 0 atom stereocenters. The fraction of sp³-hybridized carbons (Fsp3) is 0.250. The summed E-state index contributed by atoms with van der Waals surface area (Å²) in [6, 6.07) is 9.65. The van der Waals surface area contributed by atoms with E-state index < -0.39 is 11.6 Å². The molecule has 1 N–H and O–H groups in total. The van der Waals surface area contributed by atoms with Gasteiger partial charge in [0.2, 0.25) is 0 Å². The van der Waals surface area contributed by atoms with E-state index in [2.05, 4.69) is 5.32 Å². The highest BCUT2D eigenvalue weighted by Gasteiger charge is 2.13. The molecular formula is C16H17F2NOS. The Bertz CT molecular complexity index is 579. The van der Waals surface area contributed by atoms with Gasteiger partial charge in [-0.25, -0.2) is 8.78 Å². The summed E-state index contributed by atoms with van der Waals surface area (Å²) < 4.78 is 33.3. The van der Waals surface area contributed by atoms with Crippen LogP contribution in [0, 0.1) is 11.6 Å². The quantitative estimate of drug-likeness (QED) is 0.789. The predicted molar refractivity (Wildman–Crippen MR) is 82.0 cm³/mol. The molecule has 0 unspecified atom stereocenters. The van der Waals surface area contributed by atoms with E-state index in [1.165, 1.54) is 12.1 Å². The molecule has 0 heterocycles. The molecule has 0 aromatic heterocycles. The van der Waals surface area contributed by atoms with E-state index in [1.54, 1.807) is 23.9 Å². The largest absolute Gasteiger partial charge is 0.451 e. The monoisotopic (exact) mass is 309 g/mol. The average Bonchev–Trinajstić information content (AvgIpc) is 2.49. The van der Waals surface area contributed by atoms with Gasteiger partial charge in [0.15, 0.2) is 17.4 Å². The van der Waals surface area contributed by atoms with Crippen LogP contribution in [-0.4, -0.2) is 12.8 Å². The summed E-state index contributed by atoms with van der Waals surface area (Å²) in [6.07, 6.45) is 1.96. The number of halogens is 2. The molecule has 0 aliphatic rings. The van der Waals surface area contributed by atoms with Crippen LogP contribution in [0.4, 0.5) is 8.78 Å². The van der Waals surface area contributed by atoms with Crippen molar-refractivity contribution in [3.05, 3.63) is 53.6 Å². The molecule has 2 rings (SSSR count). The van der Waals surface area contributed by atoms with Crippen LogP contribution in [0.5, 0.6) is 11.5 Å². The first kappa shape index (κ1) is 15.8. The maximum atomic E-state index is 14.0. The molecule has 0 radical (unpaired) electrons. The third-order valence-electron chi connectivity index (χ3n) is 2.92. The smallest absolute Gasteiger partial charge is 0.198 e. The summed E-state index contributed by atoms with van der Waals surface area (Å²) in [4.78, 5) is 1.06. The molecule has 2 aromatic carbocycles. The summed E-state index contributed by atoms with van der Waals surface area (Å²) in [5, 5.41) is 3.02. The molecule has 0 fully saturated rings. The van der Waals surface area contributed by atoms with Crippen LogP contribution in [0.2, 0.25) is 0 Å². The van der Waals surface area contributed by atoms with Gasteiger partial charge in [-0.2, -0.15) is 0 Å². The molecule has 0 spiro atoms. The minimum Gasteiger partial charge on any atom is -0.451 e. The first-order chi connectivity index (χ1) is 10.1. The van der Waals surface area contributed by atoms with Gasteiger partial charge in [-0.1, -0.05) is 6.92 Å². The van der Waals surface area contributed by atoms with Crippen LogP contribution in [-0.2, 0) is 6.54 Å². The number of rotatable bonds is 6. The first-order valence-electron chi connectivity index (χ1n) is 6.64. The maximum Gasteiger partial charge on any atom is 0.198 e. The molecule has 5 heteroatoms. The second kappa shape index (κ2) is 7.43. The van der Waals surface area contributed by atoms with Crippen LogP contribution >= 0.6 is 11.8 Å². The second-order valence-electron chi connectivity index (χ2n) is 4.45. The van der Waals surface area contributed by atoms with Crippen molar-refractivity contribution in [2.24, 2.45) is 0 Å². The third-order valence-corrected chi connectivity index (χ3v) is 3.66. The van der Waals surface area contributed by atoms with Gasteiger partial charge in [-0.3, -0.25) is 0 Å². The van der Waals surface area contributed by atoms with E-state index in [4.69, 9.17) is 4.74 Å². The Morgan fingerprint density at radius 3 is 2.24 bits per heavy atom. The van der Waals surface area contributed by atoms with Crippen molar-refractivity contribution in [3.63, 3.8) is 0 Å². The lowest BCUT2D eigenvalue weighted by Crippen LogP contribution is -2.12. The van der Waals surface area contributed by atoms with Gasteiger partial charge >= 0.3 is 0 Å². The zero-order valence-electron chi connectivity index (χ0n) is 12.0. The molecule has 0 amide bonds. The minimum absolute atomic E-state index is 0.368. The number of thioether (sulfide) groups is 1. The standard InChI is InChI=1S/C16H17F2NOS/c1-3-19-10-11-8-14(17)16(15(18)9-11)20-12-4-6-13(21-2)7-5-12/h4-9,19H,3,10H2,1-2H3. The molecule has 2 nitrogen and oxygen atoms in total. The predicted octanol–water partition coefficient (Wildman–Crippen LogP) is 4.59. The van der Waals surface area contributed by atoms with Gasteiger partial charge in [0, 0.05) is 11.4 Å². The topological polar surface area (TPSA) is 21.3 Å². The van der Waals surface area contributed by atoms with E-state index in [0.717, 1.165) is 11.4 Å². The Labute approximate surface area is 127 Å². The van der Waals surface area contributed by atoms with E-state index in [0.29, 0.717) is 17.9 Å². The Hall–Kier alpha value is -1.59. The lowest BCUT2D eigenvalue weighted by molar-refractivity contribution is 0.406. The van der Waals surface area contributed by atoms with E-state index in [9.17, 15) is 8.78 Å². The Morgan fingerprint density at radius 1 is 1.10 bits per heavy atom. The summed E-state index contributed by atoms with van der Waals surface area (Å²) in [7, 11) is 0. The molecular weight excluding hydrogens is 292 g/mol. The Morgan fingerprint density at radius 2 is 1.71 bits per heavy atom. The lowest BCUT2D eigenvalue weighted by atomic mass is 10.2. The summed E-state index contributed by atoms with van der Waals surface area (Å²) >= 11 is 1.59. The SMILES string of the molecule is CCNCc1cc(F)c(Oc2ccc(SC)cc2)c(F)c1. The van der Waals surface area contributed by atoms with Crippen molar-refractivity contribution < 1.29 is 13.5 Å². The molecule has 21 heavy (non-hydrogen) atoms. The molecule has 0 aliphatic heterocycles. The normalized spacial score (nSPS) is 10.7. The van der Waals surface area contributed by atoms with Crippen LogP contribution in [0.15, 0.2) is 41.3 Å². The lowest BCUT2D eigenvalue weighted by Gasteiger charge is -2.10. The molecule has 0 saturated heterocycles. The Kier molecular flexibility index (Phi) is 5.59. The van der Waals surface area contributed by atoms with Crippen LogP contribution in [0.1, 0.15) is 12.5 Å². The van der Waals surface area contributed by atoms with Crippen molar-refractivity contribution >= 4 is 11.8 Å². The number of hydrogen-bond donors (Lipinski definition) is 1. The third kappa shape index (κ3) is 4.19. The number of nitrogens with one attached hydrogen (secondary N) is 1. The van der Waals surface area contributed by atoms with E-state index >= 15 is 0 Å². The number of benzene rings is 2. The van der Waals surface area contributed by atoms with Crippen LogP contribution in [0.25, 0.3) is 0 Å². The van der Waals surface area contributed by atoms with Crippen molar-refractivity contribution in [1.29, 1.82) is 0 Å². The highest BCUT2D eigenvalue weighted by Crippen LogP contribution is 2.29. The fourth-order valence-corrected chi connectivity index (χ4v) is 2.25. The van der Waals surface area contributed by atoms with Crippen LogP contribution in [0.3, 0.4) is 0 Å². The molecule has 0 bridgehead atoms. The highest BCUT2D eigenvalue weighted by molar-refractivity contribution is 7.98. The summed E-state index contributed by atoms with van der Waals surface area (Å²) in [6.45, 7) is 3.10. The van der Waals surface area contributed by atoms with Crippen molar-refractivity contribution in [3.8, 4) is 11.5 Å². The zero-order valence-corrected chi connectivity index (χ0v) is 12.8. The maximum absolute atomic E-state index is 14.0. The molecule has 0 saturated carbocycles. The van der Waals surface area contributed by atoms with Gasteiger partial charge in [-0.05, 0) is 54.8 Å².